The summed E-state index contributed by atoms with van der Waals surface area (Å²) in [6.07, 6.45) is 4.98. The molecule has 20 heavy (non-hydrogen) atoms. The van der Waals surface area contributed by atoms with Crippen LogP contribution >= 0.6 is 11.3 Å². The number of likely N-dealkylation sites (tertiary alicyclic amines) is 1. The first kappa shape index (κ1) is 13.6. The van der Waals surface area contributed by atoms with Crippen LogP contribution < -0.4 is 0 Å². The number of carbonyl (C=O) groups excluding carboxylic acids is 1. The number of carboxylic acid groups (broad SMARTS) is 1. The first-order chi connectivity index (χ1) is 9.51. The second-order valence-electron chi connectivity index (χ2n) is 6.10. The number of hydrogen-bond donors (Lipinski definition) is 1. The molecule has 1 N–H and O–H groups in total. The van der Waals surface area contributed by atoms with Crippen LogP contribution in [0.2, 0.25) is 0 Å². The fraction of sp³-hybridized carbons (Fsp3) is 0.600. The highest BCUT2D eigenvalue weighted by atomic mass is 32.1. The van der Waals surface area contributed by atoms with Gasteiger partial charge >= 0.3 is 5.97 Å². The lowest BCUT2D eigenvalue weighted by Crippen LogP contribution is -2.35. The fourth-order valence-corrected chi connectivity index (χ4v) is 4.27. The highest BCUT2D eigenvalue weighted by Crippen LogP contribution is 2.34. The molecule has 0 unspecified atom stereocenters. The zero-order valence-electron chi connectivity index (χ0n) is 11.6. The number of aliphatic carboxylic acids is 1. The van der Waals surface area contributed by atoms with E-state index in [9.17, 15) is 14.7 Å². The topological polar surface area (TPSA) is 57.6 Å². The lowest BCUT2D eigenvalue weighted by Gasteiger charge is -2.21. The number of amides is 1. The summed E-state index contributed by atoms with van der Waals surface area (Å²) in [6, 6.07) is 0. The van der Waals surface area contributed by atoms with E-state index in [-0.39, 0.29) is 5.91 Å². The van der Waals surface area contributed by atoms with E-state index in [4.69, 9.17) is 0 Å². The van der Waals surface area contributed by atoms with Crippen LogP contribution in [0.5, 0.6) is 0 Å². The van der Waals surface area contributed by atoms with Gasteiger partial charge in [0.25, 0.3) is 5.91 Å². The van der Waals surface area contributed by atoms with Gasteiger partial charge in [-0.1, -0.05) is 0 Å². The summed E-state index contributed by atoms with van der Waals surface area (Å²) in [6.45, 7) is 2.60. The number of nitrogens with zero attached hydrogens (tertiary/aromatic N) is 1. The summed E-state index contributed by atoms with van der Waals surface area (Å²) < 4.78 is 0. The first-order valence-electron chi connectivity index (χ1n) is 7.13. The summed E-state index contributed by atoms with van der Waals surface area (Å²) >= 11 is 1.68. The molecule has 0 spiro atoms. The SMILES string of the molecule is C[C@@]1(C(=O)O)CCN(C(=O)c2csc3c2CCCC3)C1. The third kappa shape index (κ3) is 2.14. The second kappa shape index (κ2) is 4.88. The largest absolute Gasteiger partial charge is 0.481 e. The van der Waals surface area contributed by atoms with E-state index in [1.54, 1.807) is 23.2 Å². The Hall–Kier alpha value is -1.36. The zero-order valence-corrected chi connectivity index (χ0v) is 12.5. The number of fused-ring (bicyclic) bond motifs is 1. The van der Waals surface area contributed by atoms with E-state index in [2.05, 4.69) is 0 Å². The van der Waals surface area contributed by atoms with Crippen LogP contribution in [0, 0.1) is 5.41 Å². The van der Waals surface area contributed by atoms with Crippen molar-refractivity contribution in [3.05, 3.63) is 21.4 Å². The maximum absolute atomic E-state index is 12.6. The quantitative estimate of drug-likeness (QED) is 0.911. The molecule has 0 radical (unpaired) electrons. The van der Waals surface area contributed by atoms with Crippen LogP contribution in [-0.4, -0.2) is 35.0 Å². The molecule has 1 aromatic heterocycles. The van der Waals surface area contributed by atoms with Gasteiger partial charge in [0.15, 0.2) is 0 Å². The molecule has 4 nitrogen and oxygen atoms in total. The van der Waals surface area contributed by atoms with E-state index < -0.39 is 11.4 Å². The average molecular weight is 293 g/mol. The van der Waals surface area contributed by atoms with Gasteiger partial charge in [-0.3, -0.25) is 9.59 Å². The van der Waals surface area contributed by atoms with Gasteiger partial charge in [-0.05, 0) is 44.6 Å². The predicted molar refractivity (Wildman–Crippen MR) is 77.2 cm³/mol. The molecule has 1 amide bonds. The number of carbonyl (C=O) groups is 2. The second-order valence-corrected chi connectivity index (χ2v) is 7.06. The summed E-state index contributed by atoms with van der Waals surface area (Å²) in [4.78, 5) is 27.0. The van der Waals surface area contributed by atoms with E-state index in [1.807, 2.05) is 5.38 Å². The van der Waals surface area contributed by atoms with Gasteiger partial charge in [0, 0.05) is 23.3 Å². The lowest BCUT2D eigenvalue weighted by molar-refractivity contribution is -0.147. The maximum Gasteiger partial charge on any atom is 0.311 e. The Kier molecular flexibility index (Phi) is 3.32. The van der Waals surface area contributed by atoms with Gasteiger partial charge in [0.05, 0.1) is 11.0 Å². The van der Waals surface area contributed by atoms with Crippen molar-refractivity contribution in [2.75, 3.05) is 13.1 Å². The Balaban J connectivity index is 1.81. The first-order valence-corrected chi connectivity index (χ1v) is 8.01. The maximum atomic E-state index is 12.6. The minimum Gasteiger partial charge on any atom is -0.481 e. The number of thiophene rings is 1. The normalized spacial score (nSPS) is 25.6. The monoisotopic (exact) mass is 293 g/mol. The van der Waals surface area contributed by atoms with Crippen molar-refractivity contribution in [2.24, 2.45) is 5.41 Å². The van der Waals surface area contributed by atoms with Crippen molar-refractivity contribution in [3.63, 3.8) is 0 Å². The van der Waals surface area contributed by atoms with Crippen molar-refractivity contribution < 1.29 is 14.7 Å². The smallest absolute Gasteiger partial charge is 0.311 e. The van der Waals surface area contributed by atoms with Crippen molar-refractivity contribution in [1.29, 1.82) is 0 Å². The van der Waals surface area contributed by atoms with Crippen molar-refractivity contribution >= 4 is 23.2 Å². The Bertz CT molecular complexity index is 565. The van der Waals surface area contributed by atoms with E-state index in [1.165, 1.54) is 16.9 Å². The number of aryl methyl sites for hydroxylation is 1. The standard InChI is InChI=1S/C15H19NO3S/c1-15(14(18)19)6-7-16(9-15)13(17)11-8-20-12-5-3-2-4-10(11)12/h8H,2-7,9H2,1H3,(H,18,19)/t15-/m1/s1. The van der Waals surface area contributed by atoms with Crippen LogP contribution in [0.3, 0.4) is 0 Å². The van der Waals surface area contributed by atoms with Crippen LogP contribution in [0.15, 0.2) is 5.38 Å². The molecular formula is C15H19NO3S. The molecule has 0 aromatic carbocycles. The molecular weight excluding hydrogens is 274 g/mol. The van der Waals surface area contributed by atoms with Crippen LogP contribution in [0.25, 0.3) is 0 Å². The van der Waals surface area contributed by atoms with Gasteiger partial charge in [-0.2, -0.15) is 0 Å². The van der Waals surface area contributed by atoms with Crippen molar-refractivity contribution in [1.82, 2.24) is 4.90 Å². The highest BCUT2D eigenvalue weighted by Gasteiger charge is 2.42. The molecule has 1 aliphatic heterocycles. The van der Waals surface area contributed by atoms with Gasteiger partial charge in [-0.25, -0.2) is 0 Å². The van der Waals surface area contributed by atoms with Gasteiger partial charge in [0.2, 0.25) is 0 Å². The van der Waals surface area contributed by atoms with Gasteiger partial charge in [0.1, 0.15) is 0 Å². The van der Waals surface area contributed by atoms with Crippen molar-refractivity contribution in [2.45, 2.75) is 39.0 Å². The molecule has 1 aromatic rings. The Morgan fingerprint density at radius 1 is 1.35 bits per heavy atom. The Morgan fingerprint density at radius 2 is 2.10 bits per heavy atom. The summed E-state index contributed by atoms with van der Waals surface area (Å²) in [5.74, 6) is -0.783. The van der Waals surface area contributed by atoms with E-state index >= 15 is 0 Å². The van der Waals surface area contributed by atoms with Crippen LogP contribution in [0.1, 0.15) is 47.0 Å². The highest BCUT2D eigenvalue weighted by molar-refractivity contribution is 7.10. The third-order valence-corrected chi connectivity index (χ3v) is 5.66. The number of hydrogen-bond acceptors (Lipinski definition) is 3. The molecule has 0 bridgehead atoms. The minimum absolute atomic E-state index is 0.0226. The third-order valence-electron chi connectivity index (χ3n) is 4.57. The molecule has 5 heteroatoms. The van der Waals surface area contributed by atoms with Crippen molar-refractivity contribution in [3.8, 4) is 0 Å². The Labute approximate surface area is 122 Å². The predicted octanol–water partition coefficient (Wildman–Crippen LogP) is 2.56. The summed E-state index contributed by atoms with van der Waals surface area (Å²) in [5, 5.41) is 11.2. The molecule has 1 atom stereocenters. The minimum atomic E-state index is -0.805. The summed E-state index contributed by atoms with van der Waals surface area (Å²) in [5.41, 5.74) is 1.25. The molecule has 1 saturated heterocycles. The molecule has 2 aliphatic rings. The van der Waals surface area contributed by atoms with Crippen LogP contribution in [-0.2, 0) is 17.6 Å². The Morgan fingerprint density at radius 3 is 2.80 bits per heavy atom. The average Bonchev–Trinajstić information content (AvgIpc) is 3.03. The summed E-state index contributed by atoms with van der Waals surface area (Å²) in [7, 11) is 0. The van der Waals surface area contributed by atoms with Gasteiger partial charge < -0.3 is 10.0 Å². The van der Waals surface area contributed by atoms with Crippen LogP contribution in [0.4, 0.5) is 0 Å². The zero-order chi connectivity index (χ0) is 14.3. The molecule has 2 heterocycles. The number of rotatable bonds is 2. The molecule has 3 rings (SSSR count). The van der Waals surface area contributed by atoms with E-state index in [0.717, 1.165) is 24.8 Å². The number of carboxylic acids is 1. The molecule has 1 fully saturated rings. The van der Waals surface area contributed by atoms with E-state index in [0.29, 0.717) is 19.5 Å². The lowest BCUT2D eigenvalue weighted by atomic mass is 9.90. The molecule has 108 valence electrons. The fourth-order valence-electron chi connectivity index (χ4n) is 3.15. The van der Waals surface area contributed by atoms with Gasteiger partial charge in [-0.15, -0.1) is 11.3 Å². The molecule has 0 saturated carbocycles. The molecule has 1 aliphatic carbocycles.